The number of nitrogens with zero attached hydrogens (tertiary/aromatic N) is 1. The second-order valence-corrected chi connectivity index (χ2v) is 6.08. The van der Waals surface area contributed by atoms with Gasteiger partial charge in [-0.15, -0.1) is 0 Å². The van der Waals surface area contributed by atoms with Crippen LogP contribution in [0, 0.1) is 5.82 Å². The molecule has 0 spiro atoms. The van der Waals surface area contributed by atoms with Crippen molar-refractivity contribution in [1.82, 2.24) is 0 Å². The number of hydrogen-bond acceptors (Lipinski definition) is 4. The number of hydrogen-bond donors (Lipinski definition) is 3. The average molecular weight is 342 g/mol. The van der Waals surface area contributed by atoms with Crippen molar-refractivity contribution in [3.8, 4) is 5.75 Å². The summed E-state index contributed by atoms with van der Waals surface area (Å²) < 4.78 is 20.2. The van der Waals surface area contributed by atoms with Crippen LogP contribution in [0.3, 0.4) is 0 Å². The van der Waals surface area contributed by atoms with Crippen LogP contribution in [-0.4, -0.2) is 19.5 Å². The summed E-state index contributed by atoms with van der Waals surface area (Å²) in [4.78, 5) is 3.94. The smallest absolute Gasteiger partial charge is 0.147 e. The number of rotatable bonds is 6. The van der Waals surface area contributed by atoms with E-state index in [1.165, 1.54) is 6.07 Å². The summed E-state index contributed by atoms with van der Waals surface area (Å²) in [5.74, 6) is 1.13. The van der Waals surface area contributed by atoms with Crippen LogP contribution < -0.4 is 21.5 Å². The third kappa shape index (κ3) is 3.52. The predicted octanol–water partition coefficient (Wildman–Crippen LogP) is 3.76. The summed E-state index contributed by atoms with van der Waals surface area (Å²) in [6.45, 7) is 2.47. The van der Waals surface area contributed by atoms with Crippen molar-refractivity contribution in [2.45, 2.75) is 25.7 Å². The molecule has 0 unspecified atom stereocenters. The summed E-state index contributed by atoms with van der Waals surface area (Å²) >= 11 is 0. The molecule has 1 aliphatic rings. The Bertz CT molecular complexity index is 815. The van der Waals surface area contributed by atoms with Gasteiger partial charge in [-0.25, -0.2) is 4.39 Å². The molecule has 3 rings (SSSR count). The van der Waals surface area contributed by atoms with Crippen molar-refractivity contribution in [3.63, 3.8) is 0 Å². The number of ether oxygens (including phenoxy) is 1. The van der Waals surface area contributed by atoms with Gasteiger partial charge < -0.3 is 21.5 Å². The molecular formula is C19H23FN4O. The lowest BCUT2D eigenvalue weighted by Gasteiger charge is -2.17. The van der Waals surface area contributed by atoms with E-state index >= 15 is 0 Å². The first-order chi connectivity index (χ1) is 12.0. The summed E-state index contributed by atoms with van der Waals surface area (Å²) in [5.41, 5.74) is 15.1. The quantitative estimate of drug-likeness (QED) is 0.424. The first kappa shape index (κ1) is 17.1. The van der Waals surface area contributed by atoms with Gasteiger partial charge in [0.25, 0.3) is 0 Å². The van der Waals surface area contributed by atoms with Crippen molar-refractivity contribution >= 4 is 22.9 Å². The monoisotopic (exact) mass is 342 g/mol. The molecule has 0 amide bonds. The third-order valence-corrected chi connectivity index (χ3v) is 4.28. The van der Waals surface area contributed by atoms with E-state index in [1.807, 2.05) is 13.0 Å². The van der Waals surface area contributed by atoms with Crippen molar-refractivity contribution in [2.24, 2.45) is 10.7 Å². The highest BCUT2D eigenvalue weighted by molar-refractivity contribution is 6.02. The first-order valence-corrected chi connectivity index (χ1v) is 8.39. The van der Waals surface area contributed by atoms with E-state index in [2.05, 4.69) is 10.3 Å². The van der Waals surface area contributed by atoms with E-state index in [0.717, 1.165) is 24.2 Å². The van der Waals surface area contributed by atoms with Crippen LogP contribution in [0.25, 0.3) is 0 Å². The van der Waals surface area contributed by atoms with Gasteiger partial charge in [-0.1, -0.05) is 0 Å². The van der Waals surface area contributed by atoms with Gasteiger partial charge in [0.15, 0.2) is 0 Å². The van der Waals surface area contributed by atoms with Crippen LogP contribution >= 0.6 is 0 Å². The average Bonchev–Trinajstić information content (AvgIpc) is 3.42. The van der Waals surface area contributed by atoms with Gasteiger partial charge in [-0.2, -0.15) is 0 Å². The number of nitrogen functional groups attached to an aromatic ring is 1. The van der Waals surface area contributed by atoms with Crippen LogP contribution in [0.2, 0.25) is 0 Å². The number of halogens is 1. The van der Waals surface area contributed by atoms with Gasteiger partial charge in [0, 0.05) is 29.5 Å². The molecule has 0 bridgehead atoms. The molecule has 6 heteroatoms. The van der Waals surface area contributed by atoms with Crippen LogP contribution in [0.1, 0.15) is 36.8 Å². The largest absolute Gasteiger partial charge is 0.494 e. The summed E-state index contributed by atoms with van der Waals surface area (Å²) in [6, 6.07) is 8.46. The summed E-state index contributed by atoms with van der Waals surface area (Å²) in [5, 5.41) is 3.17. The number of nitrogens with one attached hydrogen (secondary N) is 1. The van der Waals surface area contributed by atoms with Gasteiger partial charge in [-0.05, 0) is 56.0 Å². The molecule has 1 fully saturated rings. The Hall–Kier alpha value is -2.76. The Kier molecular flexibility index (Phi) is 4.79. The second kappa shape index (κ2) is 7.01. The highest BCUT2D eigenvalue weighted by Crippen LogP contribution is 2.49. The molecule has 0 heterocycles. The van der Waals surface area contributed by atoms with Gasteiger partial charge in [0.05, 0.1) is 12.3 Å². The fourth-order valence-corrected chi connectivity index (χ4v) is 2.90. The Morgan fingerprint density at radius 1 is 1.32 bits per heavy atom. The molecule has 0 saturated heterocycles. The zero-order valence-corrected chi connectivity index (χ0v) is 14.5. The Morgan fingerprint density at radius 3 is 2.68 bits per heavy atom. The minimum Gasteiger partial charge on any atom is -0.494 e. The first-order valence-electron chi connectivity index (χ1n) is 8.39. The summed E-state index contributed by atoms with van der Waals surface area (Å²) in [7, 11) is 1.61. The van der Waals surface area contributed by atoms with E-state index in [9.17, 15) is 4.39 Å². The highest BCUT2D eigenvalue weighted by atomic mass is 19.1. The second-order valence-electron chi connectivity index (χ2n) is 6.08. The van der Waals surface area contributed by atoms with E-state index in [4.69, 9.17) is 16.2 Å². The van der Waals surface area contributed by atoms with Crippen molar-refractivity contribution in [1.29, 1.82) is 0 Å². The van der Waals surface area contributed by atoms with Crippen molar-refractivity contribution in [2.75, 3.05) is 24.7 Å². The Labute approximate surface area is 146 Å². The van der Waals surface area contributed by atoms with Crippen molar-refractivity contribution in [3.05, 3.63) is 47.3 Å². The molecule has 5 nitrogen and oxygen atoms in total. The Morgan fingerprint density at radius 2 is 2.08 bits per heavy atom. The fraction of sp³-hybridized carbons (Fsp3) is 0.316. The number of nitrogens with two attached hydrogens (primary N) is 2. The number of aliphatic imine (C=N–C) groups is 1. The Balaban J connectivity index is 1.98. The number of amidine groups is 1. The van der Waals surface area contributed by atoms with Crippen molar-refractivity contribution < 1.29 is 9.13 Å². The molecule has 0 aliphatic heterocycles. The molecule has 0 radical (unpaired) electrons. The topological polar surface area (TPSA) is 85.7 Å². The fourth-order valence-electron chi connectivity index (χ4n) is 2.90. The van der Waals surface area contributed by atoms with Crippen LogP contribution in [0.4, 0.5) is 21.5 Å². The minimum absolute atomic E-state index is 0.303. The lowest BCUT2D eigenvalue weighted by atomic mass is 10.1. The molecule has 0 atom stereocenters. The predicted molar refractivity (Wildman–Crippen MR) is 100 cm³/mol. The maximum atomic E-state index is 14.5. The molecule has 132 valence electrons. The maximum absolute atomic E-state index is 14.5. The zero-order valence-electron chi connectivity index (χ0n) is 14.5. The van der Waals surface area contributed by atoms with Crippen LogP contribution in [0.15, 0.2) is 35.3 Å². The molecule has 0 aromatic heterocycles. The van der Waals surface area contributed by atoms with Crippen LogP contribution in [-0.2, 0) is 0 Å². The number of benzene rings is 2. The molecule has 2 aromatic carbocycles. The third-order valence-electron chi connectivity index (χ3n) is 4.28. The highest BCUT2D eigenvalue weighted by Gasteiger charge is 2.31. The van der Waals surface area contributed by atoms with Gasteiger partial charge >= 0.3 is 0 Å². The maximum Gasteiger partial charge on any atom is 0.147 e. The zero-order chi connectivity index (χ0) is 18.0. The SMILES string of the molecule is CCOc1ccc(F)c(Nc2ccc(C(N)=NC)c(N)c2)c1C1CC1. The van der Waals surface area contributed by atoms with E-state index in [-0.39, 0.29) is 5.82 Å². The normalized spacial score (nSPS) is 14.4. The molecule has 1 saturated carbocycles. The minimum atomic E-state index is -0.303. The van der Waals surface area contributed by atoms with E-state index in [0.29, 0.717) is 41.0 Å². The van der Waals surface area contributed by atoms with Crippen LogP contribution in [0.5, 0.6) is 5.75 Å². The lowest BCUT2D eigenvalue weighted by molar-refractivity contribution is 0.336. The van der Waals surface area contributed by atoms with Gasteiger partial charge in [-0.3, -0.25) is 4.99 Å². The van der Waals surface area contributed by atoms with E-state index in [1.54, 1.807) is 25.2 Å². The molecule has 1 aliphatic carbocycles. The number of anilines is 3. The molecule has 5 N–H and O–H groups in total. The molecule has 25 heavy (non-hydrogen) atoms. The lowest BCUT2D eigenvalue weighted by Crippen LogP contribution is -2.15. The molecule has 2 aromatic rings. The summed E-state index contributed by atoms with van der Waals surface area (Å²) in [6.07, 6.45) is 2.09. The van der Waals surface area contributed by atoms with Gasteiger partial charge in [0.1, 0.15) is 17.4 Å². The standard InChI is InChI=1S/C19H23FN4O/c1-3-25-16-9-8-14(20)18(17(16)11-4-5-11)24-12-6-7-13(15(21)10-12)19(22)23-2/h6-11,24H,3-5,21H2,1-2H3,(H2,22,23). The molecular weight excluding hydrogens is 319 g/mol. The van der Waals surface area contributed by atoms with Gasteiger partial charge in [0.2, 0.25) is 0 Å². The van der Waals surface area contributed by atoms with E-state index < -0.39 is 0 Å².